The Morgan fingerprint density at radius 3 is 2.81 bits per heavy atom. The van der Waals surface area contributed by atoms with Crippen LogP contribution in [-0.4, -0.2) is 28.0 Å². The Labute approximate surface area is 99.9 Å². The highest BCUT2D eigenvalue weighted by Crippen LogP contribution is 2.26. The van der Waals surface area contributed by atoms with Gasteiger partial charge in [-0.25, -0.2) is 19.7 Å². The van der Waals surface area contributed by atoms with E-state index in [2.05, 4.69) is 19.7 Å². The fourth-order valence-electron chi connectivity index (χ4n) is 0.929. The van der Waals surface area contributed by atoms with Gasteiger partial charge in [0.1, 0.15) is 5.03 Å². The Kier molecular flexibility index (Phi) is 3.47. The van der Waals surface area contributed by atoms with Crippen molar-refractivity contribution in [3.8, 4) is 0 Å². The standard InChI is InChI=1S/C9H7N3O2S2/c1-14-8(13)6-4-12-7(5-11-6)16-9-10-2-3-15-9/h2-5H,1H3. The molecule has 82 valence electrons. The van der Waals surface area contributed by atoms with Gasteiger partial charge in [0.25, 0.3) is 0 Å². The minimum Gasteiger partial charge on any atom is -0.464 e. The zero-order chi connectivity index (χ0) is 11.4. The number of methoxy groups -OCH3 is 1. The number of hydrogen-bond acceptors (Lipinski definition) is 7. The monoisotopic (exact) mass is 253 g/mol. The lowest BCUT2D eigenvalue weighted by Gasteiger charge is -1.98. The summed E-state index contributed by atoms with van der Waals surface area (Å²) in [6.45, 7) is 0. The number of ether oxygens (including phenoxy) is 1. The number of hydrogen-bond donors (Lipinski definition) is 0. The minimum absolute atomic E-state index is 0.200. The molecule has 0 spiro atoms. The van der Waals surface area contributed by atoms with Crippen LogP contribution in [0.15, 0.2) is 33.3 Å². The number of carbonyl (C=O) groups is 1. The van der Waals surface area contributed by atoms with Gasteiger partial charge in [0.2, 0.25) is 0 Å². The predicted molar refractivity (Wildman–Crippen MR) is 59.6 cm³/mol. The van der Waals surface area contributed by atoms with E-state index in [-0.39, 0.29) is 5.69 Å². The highest BCUT2D eigenvalue weighted by Gasteiger charge is 2.08. The molecule has 0 amide bonds. The van der Waals surface area contributed by atoms with Crippen LogP contribution in [0.4, 0.5) is 0 Å². The molecule has 2 heterocycles. The molecule has 0 atom stereocenters. The fourth-order valence-corrected chi connectivity index (χ4v) is 2.41. The molecule has 0 bridgehead atoms. The van der Waals surface area contributed by atoms with E-state index in [4.69, 9.17) is 0 Å². The quantitative estimate of drug-likeness (QED) is 0.778. The first-order chi connectivity index (χ1) is 7.79. The van der Waals surface area contributed by atoms with Crippen molar-refractivity contribution in [2.45, 2.75) is 9.37 Å². The van der Waals surface area contributed by atoms with Gasteiger partial charge in [-0.15, -0.1) is 11.3 Å². The number of nitrogens with zero attached hydrogens (tertiary/aromatic N) is 3. The minimum atomic E-state index is -0.488. The molecule has 7 heteroatoms. The molecule has 2 rings (SSSR count). The summed E-state index contributed by atoms with van der Waals surface area (Å²) in [5.41, 5.74) is 0.200. The maximum absolute atomic E-state index is 11.1. The smallest absolute Gasteiger partial charge is 0.358 e. The first-order valence-electron chi connectivity index (χ1n) is 4.27. The lowest BCUT2D eigenvalue weighted by molar-refractivity contribution is 0.0593. The third-order valence-corrected chi connectivity index (χ3v) is 3.43. The Hall–Kier alpha value is -1.47. The maximum atomic E-state index is 11.1. The van der Waals surface area contributed by atoms with E-state index >= 15 is 0 Å². The number of carbonyl (C=O) groups excluding carboxylic acids is 1. The molecule has 2 aromatic heterocycles. The van der Waals surface area contributed by atoms with Gasteiger partial charge in [0, 0.05) is 11.6 Å². The van der Waals surface area contributed by atoms with E-state index in [1.54, 1.807) is 6.20 Å². The highest BCUT2D eigenvalue weighted by molar-refractivity contribution is 8.00. The van der Waals surface area contributed by atoms with E-state index in [9.17, 15) is 4.79 Å². The topological polar surface area (TPSA) is 65.0 Å². The third kappa shape index (κ3) is 2.56. The van der Waals surface area contributed by atoms with Crippen molar-refractivity contribution < 1.29 is 9.53 Å². The largest absolute Gasteiger partial charge is 0.464 e. The summed E-state index contributed by atoms with van der Waals surface area (Å²) in [4.78, 5) is 23.2. The van der Waals surface area contributed by atoms with Gasteiger partial charge in [-0.1, -0.05) is 0 Å². The van der Waals surface area contributed by atoms with Crippen molar-refractivity contribution in [1.82, 2.24) is 15.0 Å². The van der Waals surface area contributed by atoms with Crippen LogP contribution in [-0.2, 0) is 4.74 Å². The molecular formula is C9H7N3O2S2. The summed E-state index contributed by atoms with van der Waals surface area (Å²) in [5.74, 6) is -0.488. The Morgan fingerprint density at radius 1 is 1.38 bits per heavy atom. The van der Waals surface area contributed by atoms with Gasteiger partial charge in [-0.2, -0.15) is 0 Å². The molecule has 0 fully saturated rings. The van der Waals surface area contributed by atoms with Crippen LogP contribution < -0.4 is 0 Å². The number of thiazole rings is 1. The zero-order valence-electron chi connectivity index (χ0n) is 8.28. The van der Waals surface area contributed by atoms with Gasteiger partial charge in [0.15, 0.2) is 10.0 Å². The van der Waals surface area contributed by atoms with Crippen LogP contribution in [0.3, 0.4) is 0 Å². The van der Waals surface area contributed by atoms with Crippen LogP contribution in [0.25, 0.3) is 0 Å². The second kappa shape index (κ2) is 5.04. The molecule has 0 saturated carbocycles. The highest BCUT2D eigenvalue weighted by atomic mass is 32.2. The average Bonchev–Trinajstić information content (AvgIpc) is 2.82. The SMILES string of the molecule is COC(=O)c1cnc(Sc2nccs2)cn1. The van der Waals surface area contributed by atoms with Crippen LogP contribution in [0.1, 0.15) is 10.5 Å². The van der Waals surface area contributed by atoms with Gasteiger partial charge in [-0.3, -0.25) is 0 Å². The van der Waals surface area contributed by atoms with Crippen molar-refractivity contribution in [2.24, 2.45) is 0 Å². The zero-order valence-corrected chi connectivity index (χ0v) is 9.92. The molecule has 0 aliphatic carbocycles. The van der Waals surface area contributed by atoms with E-state index in [1.807, 2.05) is 5.38 Å². The molecule has 0 radical (unpaired) electrons. The Bertz CT molecular complexity index is 470. The summed E-state index contributed by atoms with van der Waals surface area (Å²) >= 11 is 2.93. The molecule has 0 saturated heterocycles. The first-order valence-corrected chi connectivity index (χ1v) is 5.97. The van der Waals surface area contributed by atoms with E-state index in [1.165, 1.54) is 42.6 Å². The summed E-state index contributed by atoms with van der Waals surface area (Å²) in [6, 6.07) is 0. The van der Waals surface area contributed by atoms with Gasteiger partial charge < -0.3 is 4.74 Å². The van der Waals surface area contributed by atoms with Crippen LogP contribution in [0.2, 0.25) is 0 Å². The van der Waals surface area contributed by atoms with E-state index in [0.29, 0.717) is 5.03 Å². The van der Waals surface area contributed by atoms with Gasteiger partial charge >= 0.3 is 5.97 Å². The Morgan fingerprint density at radius 2 is 2.25 bits per heavy atom. The summed E-state index contributed by atoms with van der Waals surface area (Å²) in [6.07, 6.45) is 4.64. The van der Waals surface area contributed by atoms with Crippen molar-refractivity contribution >= 4 is 29.1 Å². The average molecular weight is 253 g/mol. The molecule has 5 nitrogen and oxygen atoms in total. The van der Waals surface area contributed by atoms with Crippen molar-refractivity contribution in [3.05, 3.63) is 29.7 Å². The lowest BCUT2D eigenvalue weighted by Crippen LogP contribution is -2.04. The molecule has 0 N–H and O–H groups in total. The fraction of sp³-hybridized carbons (Fsp3) is 0.111. The molecular weight excluding hydrogens is 246 g/mol. The van der Waals surface area contributed by atoms with Gasteiger partial charge in [-0.05, 0) is 11.8 Å². The van der Waals surface area contributed by atoms with E-state index in [0.717, 1.165) is 4.34 Å². The van der Waals surface area contributed by atoms with Crippen molar-refractivity contribution in [1.29, 1.82) is 0 Å². The molecule has 0 aliphatic heterocycles. The lowest BCUT2D eigenvalue weighted by atomic mass is 10.5. The first kappa shape index (κ1) is 11.0. The number of rotatable bonds is 3. The van der Waals surface area contributed by atoms with Crippen LogP contribution in [0.5, 0.6) is 0 Å². The second-order valence-electron chi connectivity index (χ2n) is 2.63. The summed E-state index contributed by atoms with van der Waals surface area (Å²) in [7, 11) is 1.31. The van der Waals surface area contributed by atoms with Crippen molar-refractivity contribution in [2.75, 3.05) is 7.11 Å². The molecule has 0 aromatic carbocycles. The maximum Gasteiger partial charge on any atom is 0.358 e. The molecule has 0 aliphatic rings. The number of aromatic nitrogens is 3. The van der Waals surface area contributed by atoms with Crippen LogP contribution in [0, 0.1) is 0 Å². The molecule has 0 unspecified atom stereocenters. The van der Waals surface area contributed by atoms with E-state index < -0.39 is 5.97 Å². The summed E-state index contributed by atoms with van der Waals surface area (Å²) < 4.78 is 5.41. The predicted octanol–water partition coefficient (Wildman–Crippen LogP) is 1.87. The molecule has 2 aromatic rings. The van der Waals surface area contributed by atoms with Crippen molar-refractivity contribution in [3.63, 3.8) is 0 Å². The van der Waals surface area contributed by atoms with Crippen LogP contribution >= 0.6 is 23.1 Å². The van der Waals surface area contributed by atoms with Gasteiger partial charge in [0.05, 0.1) is 19.5 Å². The summed E-state index contributed by atoms with van der Waals surface area (Å²) in [5, 5.41) is 2.58. The number of esters is 1. The second-order valence-corrected chi connectivity index (χ2v) is 4.79. The normalized spacial score (nSPS) is 10.1. The Balaban J connectivity index is 2.10. The third-order valence-electron chi connectivity index (χ3n) is 1.62. The molecule has 16 heavy (non-hydrogen) atoms.